The summed E-state index contributed by atoms with van der Waals surface area (Å²) in [7, 11) is 0. The molecule has 0 saturated heterocycles. The first-order valence-corrected chi connectivity index (χ1v) is 15.3. The molecular weight excluding hydrogens is 536 g/mol. The van der Waals surface area contributed by atoms with Crippen molar-refractivity contribution in [1.82, 2.24) is 15.0 Å². The zero-order valence-electron chi connectivity index (χ0n) is 25.3. The van der Waals surface area contributed by atoms with Crippen LogP contribution in [-0.2, 0) is 11.8 Å². The van der Waals surface area contributed by atoms with E-state index in [1.807, 2.05) is 66.7 Å². The lowest BCUT2D eigenvalue weighted by molar-refractivity contribution is 0.495. The molecule has 1 aromatic heterocycles. The minimum Gasteiger partial charge on any atom is -0.253 e. The van der Waals surface area contributed by atoms with Gasteiger partial charge in [0.1, 0.15) is 0 Å². The molecule has 214 valence electrons. The van der Waals surface area contributed by atoms with Gasteiger partial charge in [-0.05, 0) is 35.6 Å². The molecule has 7 rings (SSSR count). The Kier molecular flexibility index (Phi) is 7.19. The fraction of sp³-hybridized carbons (Fsp3) is 0.150. The number of aliphatic imine (C=N–C) groups is 1. The van der Waals surface area contributed by atoms with Crippen LogP contribution in [-0.4, -0.2) is 20.7 Å². The predicted octanol–water partition coefficient (Wildman–Crippen LogP) is 9.46. The Morgan fingerprint density at radius 2 is 1.27 bits per heavy atom. The summed E-state index contributed by atoms with van der Waals surface area (Å²) in [6, 6.07) is 35.2. The molecule has 0 spiro atoms. The quantitative estimate of drug-likeness (QED) is 0.191. The van der Waals surface area contributed by atoms with E-state index in [0.29, 0.717) is 17.5 Å². The summed E-state index contributed by atoms with van der Waals surface area (Å²) >= 11 is 0. The smallest absolute Gasteiger partial charge is 0.164 e. The van der Waals surface area contributed by atoms with Crippen LogP contribution in [0.15, 0.2) is 132 Å². The molecule has 0 aliphatic heterocycles. The van der Waals surface area contributed by atoms with Crippen molar-refractivity contribution in [2.75, 3.05) is 0 Å². The molecule has 0 N–H and O–H groups in total. The van der Waals surface area contributed by atoms with Crippen LogP contribution in [0.4, 0.5) is 5.69 Å². The fourth-order valence-electron chi connectivity index (χ4n) is 6.34. The lowest BCUT2D eigenvalue weighted by Crippen LogP contribution is -2.33. The molecule has 2 aliphatic carbocycles. The van der Waals surface area contributed by atoms with Gasteiger partial charge in [0.05, 0.1) is 5.69 Å². The topological polar surface area (TPSA) is 51.0 Å². The van der Waals surface area contributed by atoms with Crippen molar-refractivity contribution in [2.24, 2.45) is 10.9 Å². The highest BCUT2D eigenvalue weighted by Crippen LogP contribution is 2.50. The monoisotopic (exact) mass is 570 g/mol. The van der Waals surface area contributed by atoms with Crippen LogP contribution in [0.3, 0.4) is 0 Å². The van der Waals surface area contributed by atoms with E-state index < -0.39 is 0 Å². The normalized spacial score (nSPS) is 18.8. The number of aryl methyl sites for hydroxylation is 1. The molecule has 4 nitrogen and oxygen atoms in total. The standard InChI is InChI=1S/C40H34N4/c1-4-28-20-21-30-22-24-34-25-23-33(26-40(34,3)35(30)36(28)41-27(2)29-14-8-5-9-15-29)39-43-37(31-16-10-6-11-17-31)42-38(44-39)32-18-12-7-13-19-32/h5-26,34H,4H2,1-3H3. The Bertz CT molecular complexity index is 1900. The largest absolute Gasteiger partial charge is 0.253 e. The van der Waals surface area contributed by atoms with Crippen molar-refractivity contribution in [3.05, 3.63) is 156 Å². The molecule has 44 heavy (non-hydrogen) atoms. The van der Waals surface area contributed by atoms with Gasteiger partial charge in [0.2, 0.25) is 0 Å². The summed E-state index contributed by atoms with van der Waals surface area (Å²) in [6.07, 6.45) is 12.3. The van der Waals surface area contributed by atoms with Crippen molar-refractivity contribution in [2.45, 2.75) is 32.6 Å². The summed E-state index contributed by atoms with van der Waals surface area (Å²) in [5.74, 6) is 2.18. The van der Waals surface area contributed by atoms with E-state index in [1.165, 1.54) is 16.7 Å². The van der Waals surface area contributed by atoms with E-state index in [4.69, 9.17) is 19.9 Å². The Morgan fingerprint density at radius 3 is 1.89 bits per heavy atom. The van der Waals surface area contributed by atoms with Gasteiger partial charge in [-0.2, -0.15) is 0 Å². The molecule has 1 heterocycles. The number of nitrogens with zero attached hydrogens (tertiary/aromatic N) is 4. The fourth-order valence-corrected chi connectivity index (χ4v) is 6.34. The molecule has 5 aromatic rings. The highest BCUT2D eigenvalue weighted by atomic mass is 15.0. The second-order valence-electron chi connectivity index (χ2n) is 11.6. The molecule has 0 radical (unpaired) electrons. The highest BCUT2D eigenvalue weighted by Gasteiger charge is 2.40. The minimum absolute atomic E-state index is 0.181. The Labute approximate surface area is 259 Å². The number of rotatable bonds is 6. The van der Waals surface area contributed by atoms with Crippen LogP contribution in [0, 0.1) is 5.92 Å². The van der Waals surface area contributed by atoms with Gasteiger partial charge >= 0.3 is 0 Å². The molecule has 0 bridgehead atoms. The SMILES string of the molecule is CCc1ccc2c(c1N=C(C)c1ccccc1)C1(C)C=C(c3nc(-c4ccccc4)nc(-c4ccccc4)n3)C=CC1C=C2. The Hall–Kier alpha value is -5.22. The third-order valence-corrected chi connectivity index (χ3v) is 8.76. The zero-order valence-corrected chi connectivity index (χ0v) is 25.3. The van der Waals surface area contributed by atoms with Gasteiger partial charge in [0, 0.05) is 33.7 Å². The average Bonchev–Trinajstić information content (AvgIpc) is 3.08. The second kappa shape index (κ2) is 11.5. The van der Waals surface area contributed by atoms with Gasteiger partial charge in [-0.1, -0.05) is 147 Å². The van der Waals surface area contributed by atoms with Gasteiger partial charge in [0.15, 0.2) is 17.5 Å². The lowest BCUT2D eigenvalue weighted by Gasteiger charge is -2.40. The average molecular weight is 571 g/mol. The molecule has 0 saturated carbocycles. The number of hydrogen-bond donors (Lipinski definition) is 0. The number of hydrogen-bond acceptors (Lipinski definition) is 4. The highest BCUT2D eigenvalue weighted by molar-refractivity contribution is 6.01. The van der Waals surface area contributed by atoms with Crippen LogP contribution in [0.5, 0.6) is 0 Å². The summed E-state index contributed by atoms with van der Waals surface area (Å²) in [6.45, 7) is 6.65. The maximum Gasteiger partial charge on any atom is 0.164 e. The van der Waals surface area contributed by atoms with Crippen LogP contribution in [0.2, 0.25) is 0 Å². The maximum atomic E-state index is 5.34. The number of benzene rings is 4. The molecule has 2 atom stereocenters. The lowest BCUT2D eigenvalue weighted by atomic mass is 9.63. The molecule has 4 aromatic carbocycles. The number of aromatic nitrogens is 3. The molecular formula is C40H34N4. The number of fused-ring (bicyclic) bond motifs is 3. The number of allylic oxidation sites excluding steroid dienone is 5. The van der Waals surface area contributed by atoms with Crippen LogP contribution in [0.25, 0.3) is 34.4 Å². The second-order valence-corrected chi connectivity index (χ2v) is 11.6. The van der Waals surface area contributed by atoms with Gasteiger partial charge in [-0.3, -0.25) is 4.99 Å². The first-order chi connectivity index (χ1) is 21.5. The van der Waals surface area contributed by atoms with E-state index >= 15 is 0 Å². The molecule has 4 heteroatoms. The van der Waals surface area contributed by atoms with E-state index in [1.54, 1.807) is 0 Å². The van der Waals surface area contributed by atoms with Crippen molar-refractivity contribution >= 4 is 23.0 Å². The van der Waals surface area contributed by atoms with E-state index in [2.05, 4.69) is 87.5 Å². The molecule has 2 aliphatic rings. The first-order valence-electron chi connectivity index (χ1n) is 15.3. The summed E-state index contributed by atoms with van der Waals surface area (Å²) in [5, 5.41) is 0. The molecule has 2 unspecified atom stereocenters. The molecule has 0 amide bonds. The summed E-state index contributed by atoms with van der Waals surface area (Å²) in [4.78, 5) is 20.3. The zero-order chi connectivity index (χ0) is 30.1. The van der Waals surface area contributed by atoms with Crippen LogP contribution < -0.4 is 0 Å². The third-order valence-electron chi connectivity index (χ3n) is 8.76. The van der Waals surface area contributed by atoms with Gasteiger partial charge < -0.3 is 0 Å². The van der Waals surface area contributed by atoms with Crippen molar-refractivity contribution in [3.63, 3.8) is 0 Å². The van der Waals surface area contributed by atoms with Crippen molar-refractivity contribution in [1.29, 1.82) is 0 Å². The van der Waals surface area contributed by atoms with Gasteiger partial charge in [0.25, 0.3) is 0 Å². The van der Waals surface area contributed by atoms with Crippen molar-refractivity contribution < 1.29 is 0 Å². The maximum absolute atomic E-state index is 5.34. The van der Waals surface area contributed by atoms with E-state index in [0.717, 1.165) is 40.1 Å². The summed E-state index contributed by atoms with van der Waals surface area (Å²) in [5.41, 5.74) is 9.48. The van der Waals surface area contributed by atoms with Crippen LogP contribution >= 0.6 is 0 Å². The van der Waals surface area contributed by atoms with Gasteiger partial charge in [-0.15, -0.1) is 0 Å². The van der Waals surface area contributed by atoms with Crippen LogP contribution in [0.1, 0.15) is 48.8 Å². The Balaban J connectivity index is 1.41. The van der Waals surface area contributed by atoms with E-state index in [-0.39, 0.29) is 11.3 Å². The predicted molar refractivity (Wildman–Crippen MR) is 182 cm³/mol. The third kappa shape index (κ3) is 5.03. The minimum atomic E-state index is -0.346. The van der Waals surface area contributed by atoms with Gasteiger partial charge in [-0.25, -0.2) is 15.0 Å². The van der Waals surface area contributed by atoms with Crippen molar-refractivity contribution in [3.8, 4) is 22.8 Å². The first kappa shape index (κ1) is 27.6. The van der Waals surface area contributed by atoms with E-state index in [9.17, 15) is 0 Å². The summed E-state index contributed by atoms with van der Waals surface area (Å²) < 4.78 is 0. The Morgan fingerprint density at radius 1 is 0.705 bits per heavy atom. The molecule has 0 fully saturated rings.